The van der Waals surface area contributed by atoms with Gasteiger partial charge in [0.15, 0.2) is 0 Å². The molecule has 1 saturated carbocycles. The largest absolute Gasteiger partial charge is 0.497 e. The summed E-state index contributed by atoms with van der Waals surface area (Å²) in [7, 11) is 3.24. The van der Waals surface area contributed by atoms with Gasteiger partial charge in [0, 0.05) is 29.8 Å². The van der Waals surface area contributed by atoms with Crippen molar-refractivity contribution in [2.75, 3.05) is 14.2 Å². The molecule has 24 heavy (non-hydrogen) atoms. The molecule has 2 atom stereocenters. The van der Waals surface area contributed by atoms with Gasteiger partial charge in [-0.1, -0.05) is 20.3 Å². The zero-order valence-electron chi connectivity index (χ0n) is 15.4. The lowest BCUT2D eigenvalue weighted by molar-refractivity contribution is -0.129. The van der Waals surface area contributed by atoms with E-state index in [-0.39, 0.29) is 11.9 Å². The molecule has 2 unspecified atom stereocenters. The second-order valence-electron chi connectivity index (χ2n) is 6.54. The average Bonchev–Trinajstić information content (AvgIpc) is 3.43. The topological polar surface area (TPSA) is 38.8 Å². The summed E-state index contributed by atoms with van der Waals surface area (Å²) in [6, 6.07) is 6.26. The van der Waals surface area contributed by atoms with Crippen LogP contribution >= 0.6 is 0 Å². The third-order valence-electron chi connectivity index (χ3n) is 4.95. The molecular weight excluding hydrogens is 302 g/mol. The SMILES string of the molecule is CCC(C)C(C)N(C(=O)C=Cc1ccc(OC)cc1OC)C1CC1. The van der Waals surface area contributed by atoms with Crippen molar-refractivity contribution in [3.63, 3.8) is 0 Å². The highest BCUT2D eigenvalue weighted by molar-refractivity contribution is 5.92. The number of benzene rings is 1. The highest BCUT2D eigenvalue weighted by Crippen LogP contribution is 2.32. The second-order valence-corrected chi connectivity index (χ2v) is 6.54. The molecule has 4 heteroatoms. The number of hydrogen-bond donors (Lipinski definition) is 0. The summed E-state index contributed by atoms with van der Waals surface area (Å²) in [6.07, 6.45) is 6.81. The molecule has 0 heterocycles. The van der Waals surface area contributed by atoms with Gasteiger partial charge in [0.25, 0.3) is 0 Å². The van der Waals surface area contributed by atoms with Gasteiger partial charge in [-0.15, -0.1) is 0 Å². The molecule has 0 aliphatic heterocycles. The van der Waals surface area contributed by atoms with E-state index in [9.17, 15) is 4.79 Å². The van der Waals surface area contributed by atoms with Crippen molar-refractivity contribution in [1.29, 1.82) is 0 Å². The molecule has 1 aromatic carbocycles. The van der Waals surface area contributed by atoms with Crippen LogP contribution in [0.4, 0.5) is 0 Å². The average molecular weight is 331 g/mol. The molecule has 0 aromatic heterocycles. The van der Waals surface area contributed by atoms with E-state index in [2.05, 4.69) is 25.7 Å². The fraction of sp³-hybridized carbons (Fsp3) is 0.550. The summed E-state index contributed by atoms with van der Waals surface area (Å²) in [5, 5.41) is 0. The van der Waals surface area contributed by atoms with E-state index >= 15 is 0 Å². The molecule has 0 bridgehead atoms. The van der Waals surface area contributed by atoms with Gasteiger partial charge in [-0.25, -0.2) is 0 Å². The fourth-order valence-corrected chi connectivity index (χ4v) is 2.88. The Morgan fingerprint density at radius 3 is 2.54 bits per heavy atom. The first kappa shape index (κ1) is 18.4. The summed E-state index contributed by atoms with van der Waals surface area (Å²) in [4.78, 5) is 14.8. The summed E-state index contributed by atoms with van der Waals surface area (Å²) in [5.74, 6) is 2.02. The van der Waals surface area contributed by atoms with Crippen LogP contribution in [-0.4, -0.2) is 37.1 Å². The van der Waals surface area contributed by atoms with Gasteiger partial charge in [0.1, 0.15) is 11.5 Å². The first-order chi connectivity index (χ1) is 11.5. The summed E-state index contributed by atoms with van der Waals surface area (Å²) in [6.45, 7) is 6.55. The normalized spacial score (nSPS) is 16.7. The van der Waals surface area contributed by atoms with Gasteiger partial charge in [0.05, 0.1) is 14.2 Å². The Morgan fingerprint density at radius 2 is 2.00 bits per heavy atom. The monoisotopic (exact) mass is 331 g/mol. The highest BCUT2D eigenvalue weighted by atomic mass is 16.5. The Labute approximate surface area is 145 Å². The van der Waals surface area contributed by atoms with Crippen LogP contribution in [0.5, 0.6) is 11.5 Å². The Balaban J connectivity index is 2.16. The third kappa shape index (κ3) is 4.31. The Morgan fingerprint density at radius 1 is 1.29 bits per heavy atom. The van der Waals surface area contributed by atoms with Gasteiger partial charge >= 0.3 is 0 Å². The molecule has 1 aliphatic carbocycles. The van der Waals surface area contributed by atoms with Crippen molar-refractivity contribution in [1.82, 2.24) is 4.90 Å². The molecular formula is C20H29NO3. The quantitative estimate of drug-likeness (QED) is 0.672. The van der Waals surface area contributed by atoms with Gasteiger partial charge in [0.2, 0.25) is 5.91 Å². The Kier molecular flexibility index (Phi) is 6.29. The smallest absolute Gasteiger partial charge is 0.247 e. The molecule has 0 radical (unpaired) electrons. The molecule has 0 N–H and O–H groups in total. The van der Waals surface area contributed by atoms with Crippen LogP contribution in [-0.2, 0) is 4.79 Å². The summed E-state index contributed by atoms with van der Waals surface area (Å²) in [5.41, 5.74) is 0.874. The molecule has 4 nitrogen and oxygen atoms in total. The van der Waals surface area contributed by atoms with E-state index in [4.69, 9.17) is 9.47 Å². The minimum Gasteiger partial charge on any atom is -0.497 e. The van der Waals surface area contributed by atoms with Crippen molar-refractivity contribution in [2.45, 2.75) is 52.1 Å². The zero-order valence-corrected chi connectivity index (χ0v) is 15.4. The van der Waals surface area contributed by atoms with E-state index in [1.54, 1.807) is 20.3 Å². The molecule has 1 aromatic rings. The van der Waals surface area contributed by atoms with Gasteiger partial charge in [-0.2, -0.15) is 0 Å². The van der Waals surface area contributed by atoms with Gasteiger partial charge in [-0.3, -0.25) is 4.79 Å². The maximum Gasteiger partial charge on any atom is 0.247 e. The van der Waals surface area contributed by atoms with E-state index < -0.39 is 0 Å². The molecule has 132 valence electrons. The standard InChI is InChI=1S/C20H29NO3/c1-6-14(2)15(3)21(17-9-10-17)20(22)12-8-16-7-11-18(23-4)13-19(16)24-5/h7-8,11-15,17H,6,9-10H2,1-5H3. The Bertz CT molecular complexity index is 593. The number of amides is 1. The second kappa shape index (κ2) is 8.22. The van der Waals surface area contributed by atoms with Crippen molar-refractivity contribution < 1.29 is 14.3 Å². The molecule has 2 rings (SSSR count). The van der Waals surface area contributed by atoms with Crippen LogP contribution in [0.1, 0.15) is 45.6 Å². The Hall–Kier alpha value is -1.97. The van der Waals surface area contributed by atoms with Crippen LogP contribution in [0.25, 0.3) is 6.08 Å². The minimum atomic E-state index is 0.0863. The number of hydrogen-bond acceptors (Lipinski definition) is 3. The van der Waals surface area contributed by atoms with E-state index in [0.717, 1.165) is 30.6 Å². The predicted molar refractivity (Wildman–Crippen MR) is 97.4 cm³/mol. The number of ether oxygens (including phenoxy) is 2. The van der Waals surface area contributed by atoms with Gasteiger partial charge < -0.3 is 14.4 Å². The number of carbonyl (C=O) groups excluding carboxylic acids is 1. The fourth-order valence-electron chi connectivity index (χ4n) is 2.88. The lowest BCUT2D eigenvalue weighted by Crippen LogP contribution is -2.42. The van der Waals surface area contributed by atoms with Crippen molar-refractivity contribution in [3.8, 4) is 11.5 Å². The number of carbonyl (C=O) groups is 1. The van der Waals surface area contributed by atoms with Crippen LogP contribution in [0, 0.1) is 5.92 Å². The van der Waals surface area contributed by atoms with E-state index in [1.807, 2.05) is 24.3 Å². The van der Waals surface area contributed by atoms with E-state index in [0.29, 0.717) is 17.7 Å². The van der Waals surface area contributed by atoms with E-state index in [1.165, 1.54) is 0 Å². The number of rotatable bonds is 8. The molecule has 0 saturated heterocycles. The van der Waals surface area contributed by atoms with Crippen molar-refractivity contribution >= 4 is 12.0 Å². The van der Waals surface area contributed by atoms with Crippen molar-refractivity contribution in [3.05, 3.63) is 29.8 Å². The maximum atomic E-state index is 12.8. The van der Waals surface area contributed by atoms with Gasteiger partial charge in [-0.05, 0) is 43.9 Å². The molecule has 1 amide bonds. The summed E-state index contributed by atoms with van der Waals surface area (Å²) >= 11 is 0. The van der Waals surface area contributed by atoms with Crippen LogP contribution < -0.4 is 9.47 Å². The van der Waals surface area contributed by atoms with Crippen LogP contribution in [0.3, 0.4) is 0 Å². The highest BCUT2D eigenvalue weighted by Gasteiger charge is 2.36. The predicted octanol–water partition coefficient (Wildman–Crippen LogP) is 4.14. The number of nitrogens with zero attached hydrogens (tertiary/aromatic N) is 1. The molecule has 1 aliphatic rings. The third-order valence-corrected chi connectivity index (χ3v) is 4.95. The zero-order chi connectivity index (χ0) is 17.7. The first-order valence-electron chi connectivity index (χ1n) is 8.74. The molecule has 1 fully saturated rings. The first-order valence-corrected chi connectivity index (χ1v) is 8.74. The minimum absolute atomic E-state index is 0.0863. The lowest BCUT2D eigenvalue weighted by Gasteiger charge is -2.32. The number of methoxy groups -OCH3 is 2. The maximum absolute atomic E-state index is 12.8. The lowest BCUT2D eigenvalue weighted by atomic mass is 9.99. The van der Waals surface area contributed by atoms with Crippen LogP contribution in [0.15, 0.2) is 24.3 Å². The molecule has 0 spiro atoms. The summed E-state index contributed by atoms with van der Waals surface area (Å²) < 4.78 is 10.6. The van der Waals surface area contributed by atoms with Crippen LogP contribution in [0.2, 0.25) is 0 Å². The van der Waals surface area contributed by atoms with Crippen molar-refractivity contribution in [2.24, 2.45) is 5.92 Å².